The molecular formula is C18H21N5O2. The van der Waals surface area contributed by atoms with E-state index in [1.807, 2.05) is 32.9 Å². The van der Waals surface area contributed by atoms with Gasteiger partial charge < -0.3 is 5.32 Å². The van der Waals surface area contributed by atoms with Crippen molar-refractivity contribution in [2.45, 2.75) is 40.5 Å². The molecule has 25 heavy (non-hydrogen) atoms. The smallest absolute Gasteiger partial charge is 0.277 e. The normalized spacial score (nSPS) is 11.0. The highest BCUT2D eigenvalue weighted by atomic mass is 16.1. The molecule has 0 aliphatic rings. The monoisotopic (exact) mass is 339 g/mol. The molecule has 0 saturated carbocycles. The maximum atomic E-state index is 12.4. The van der Waals surface area contributed by atoms with Crippen LogP contribution in [0.3, 0.4) is 0 Å². The summed E-state index contributed by atoms with van der Waals surface area (Å²) >= 11 is 0. The number of aromatic amines is 1. The van der Waals surface area contributed by atoms with E-state index >= 15 is 0 Å². The van der Waals surface area contributed by atoms with E-state index in [2.05, 4.69) is 20.4 Å². The van der Waals surface area contributed by atoms with Crippen molar-refractivity contribution in [3.63, 3.8) is 0 Å². The van der Waals surface area contributed by atoms with Crippen molar-refractivity contribution in [3.05, 3.63) is 56.8 Å². The molecule has 2 aromatic heterocycles. The Balaban J connectivity index is 1.76. The summed E-state index contributed by atoms with van der Waals surface area (Å²) in [4.78, 5) is 33.1. The number of anilines is 1. The van der Waals surface area contributed by atoms with Gasteiger partial charge in [0.05, 0.1) is 5.69 Å². The standard InChI is InChI=1S/C18H21N5O2/c1-10-7-11(2)16(12(3)8-10)22-15(24)6-5-14-13(4)21-18-19-9-20-23(18)17(14)25/h7-9H,5-6H2,1-4H3,(H,22,24)(H,19,20,21). The topological polar surface area (TPSA) is 92.2 Å². The van der Waals surface area contributed by atoms with Crippen molar-refractivity contribution < 1.29 is 4.79 Å². The maximum absolute atomic E-state index is 12.4. The van der Waals surface area contributed by atoms with Crippen LogP contribution in [-0.2, 0) is 11.2 Å². The van der Waals surface area contributed by atoms with Crippen LogP contribution < -0.4 is 10.9 Å². The lowest BCUT2D eigenvalue weighted by Gasteiger charge is -2.13. The highest BCUT2D eigenvalue weighted by Crippen LogP contribution is 2.22. The van der Waals surface area contributed by atoms with Crippen LogP contribution in [-0.4, -0.2) is 25.5 Å². The van der Waals surface area contributed by atoms with Crippen LogP contribution in [0.4, 0.5) is 5.69 Å². The molecule has 0 aliphatic heterocycles. The highest BCUT2D eigenvalue weighted by molar-refractivity contribution is 5.92. The number of H-pyrrole nitrogens is 1. The van der Waals surface area contributed by atoms with Crippen molar-refractivity contribution in [1.82, 2.24) is 19.6 Å². The van der Waals surface area contributed by atoms with Crippen LogP contribution in [0.2, 0.25) is 0 Å². The Bertz CT molecular complexity index is 993. The molecule has 0 aliphatic carbocycles. The van der Waals surface area contributed by atoms with Gasteiger partial charge in [-0.1, -0.05) is 17.7 Å². The van der Waals surface area contributed by atoms with Gasteiger partial charge in [-0.15, -0.1) is 0 Å². The Hall–Kier alpha value is -2.96. The number of fused-ring (bicyclic) bond motifs is 1. The summed E-state index contributed by atoms with van der Waals surface area (Å²) in [6, 6.07) is 4.07. The molecule has 7 nitrogen and oxygen atoms in total. The van der Waals surface area contributed by atoms with Crippen molar-refractivity contribution in [2.75, 3.05) is 5.32 Å². The summed E-state index contributed by atoms with van der Waals surface area (Å²) in [6.07, 6.45) is 1.96. The molecule has 0 unspecified atom stereocenters. The molecule has 0 fully saturated rings. The van der Waals surface area contributed by atoms with Crippen LogP contribution in [0.1, 0.15) is 34.4 Å². The lowest BCUT2D eigenvalue weighted by atomic mass is 10.0. The summed E-state index contributed by atoms with van der Waals surface area (Å²) in [5, 5.41) is 5.69. The third kappa shape index (κ3) is 3.31. The van der Waals surface area contributed by atoms with Crippen molar-refractivity contribution in [1.29, 1.82) is 0 Å². The van der Waals surface area contributed by atoms with Gasteiger partial charge in [0.1, 0.15) is 6.33 Å². The minimum atomic E-state index is -0.213. The molecule has 0 spiro atoms. The molecule has 0 saturated heterocycles. The summed E-state index contributed by atoms with van der Waals surface area (Å²) in [5.74, 6) is 0.213. The molecule has 0 atom stereocenters. The predicted molar refractivity (Wildman–Crippen MR) is 95.9 cm³/mol. The Morgan fingerprint density at radius 3 is 2.56 bits per heavy atom. The fraction of sp³-hybridized carbons (Fsp3) is 0.333. The van der Waals surface area contributed by atoms with Gasteiger partial charge in [0.2, 0.25) is 5.91 Å². The average Bonchev–Trinajstić information content (AvgIpc) is 2.99. The predicted octanol–water partition coefficient (Wildman–Crippen LogP) is 2.22. The molecule has 7 heteroatoms. The Labute approximate surface area is 145 Å². The average molecular weight is 339 g/mol. The molecule has 0 radical (unpaired) electrons. The molecule has 130 valence electrons. The number of hydrogen-bond donors (Lipinski definition) is 2. The van der Waals surface area contributed by atoms with E-state index in [0.717, 1.165) is 22.4 Å². The lowest BCUT2D eigenvalue weighted by molar-refractivity contribution is -0.116. The number of carbonyl (C=O) groups is 1. The van der Waals surface area contributed by atoms with Gasteiger partial charge in [0.15, 0.2) is 0 Å². The fourth-order valence-electron chi connectivity index (χ4n) is 3.10. The second kappa shape index (κ2) is 6.51. The number of aromatic nitrogens is 4. The Kier molecular flexibility index (Phi) is 4.39. The van der Waals surface area contributed by atoms with Gasteiger partial charge in [-0.25, -0.2) is 9.97 Å². The van der Waals surface area contributed by atoms with Gasteiger partial charge in [-0.05, 0) is 45.2 Å². The van der Waals surface area contributed by atoms with E-state index in [9.17, 15) is 9.59 Å². The van der Waals surface area contributed by atoms with E-state index in [1.165, 1.54) is 10.8 Å². The van der Waals surface area contributed by atoms with Crippen LogP contribution in [0.5, 0.6) is 0 Å². The second-order valence-electron chi connectivity index (χ2n) is 6.33. The highest BCUT2D eigenvalue weighted by Gasteiger charge is 2.14. The van der Waals surface area contributed by atoms with Crippen LogP contribution in [0.15, 0.2) is 23.3 Å². The van der Waals surface area contributed by atoms with Crippen LogP contribution in [0.25, 0.3) is 5.78 Å². The SMILES string of the molecule is Cc1cc(C)c(NC(=O)CCc2c(C)nc3nc[nH]n3c2=O)c(C)c1. The number of aryl methyl sites for hydroxylation is 4. The zero-order valence-corrected chi connectivity index (χ0v) is 14.8. The Morgan fingerprint density at radius 1 is 1.20 bits per heavy atom. The van der Waals surface area contributed by atoms with Gasteiger partial charge in [0.25, 0.3) is 11.3 Å². The number of carbonyl (C=O) groups excluding carboxylic acids is 1. The summed E-state index contributed by atoms with van der Waals surface area (Å²) < 4.78 is 1.29. The molecule has 3 rings (SSSR count). The number of nitrogens with zero attached hydrogens (tertiary/aromatic N) is 3. The molecule has 3 aromatic rings. The third-order valence-electron chi connectivity index (χ3n) is 4.28. The first-order valence-corrected chi connectivity index (χ1v) is 8.16. The van der Waals surface area contributed by atoms with E-state index < -0.39 is 0 Å². The van der Waals surface area contributed by atoms with Crippen molar-refractivity contribution >= 4 is 17.4 Å². The largest absolute Gasteiger partial charge is 0.326 e. The number of amides is 1. The molecule has 1 amide bonds. The molecular weight excluding hydrogens is 318 g/mol. The first kappa shape index (κ1) is 16.9. The number of hydrogen-bond acceptors (Lipinski definition) is 4. The summed E-state index contributed by atoms with van der Waals surface area (Å²) in [5.41, 5.74) is 4.98. The molecule has 1 aromatic carbocycles. The molecule has 2 N–H and O–H groups in total. The second-order valence-corrected chi connectivity index (χ2v) is 6.33. The molecule has 0 bridgehead atoms. The zero-order chi connectivity index (χ0) is 18.1. The molecule has 2 heterocycles. The number of rotatable bonds is 4. The van der Waals surface area contributed by atoms with Gasteiger partial charge in [-0.2, -0.15) is 4.52 Å². The van der Waals surface area contributed by atoms with Crippen molar-refractivity contribution in [3.8, 4) is 0 Å². The van der Waals surface area contributed by atoms with Gasteiger partial charge in [-0.3, -0.25) is 14.7 Å². The van der Waals surface area contributed by atoms with E-state index in [0.29, 0.717) is 23.5 Å². The minimum absolute atomic E-state index is 0.122. The maximum Gasteiger partial charge on any atom is 0.277 e. The number of benzene rings is 1. The first-order chi connectivity index (χ1) is 11.9. The first-order valence-electron chi connectivity index (χ1n) is 8.16. The van der Waals surface area contributed by atoms with Crippen molar-refractivity contribution in [2.24, 2.45) is 0 Å². The number of nitrogens with one attached hydrogen (secondary N) is 2. The lowest BCUT2D eigenvalue weighted by Crippen LogP contribution is -2.23. The van der Waals surface area contributed by atoms with E-state index in [1.54, 1.807) is 6.92 Å². The Morgan fingerprint density at radius 2 is 1.88 bits per heavy atom. The summed E-state index contributed by atoms with van der Waals surface area (Å²) in [6.45, 7) is 7.74. The van der Waals surface area contributed by atoms with Crippen LogP contribution in [0, 0.1) is 27.7 Å². The van der Waals surface area contributed by atoms with Crippen LogP contribution >= 0.6 is 0 Å². The summed E-state index contributed by atoms with van der Waals surface area (Å²) in [7, 11) is 0. The van der Waals surface area contributed by atoms with E-state index in [4.69, 9.17) is 0 Å². The van der Waals surface area contributed by atoms with Gasteiger partial charge >= 0.3 is 0 Å². The fourth-order valence-corrected chi connectivity index (χ4v) is 3.10. The van der Waals surface area contributed by atoms with E-state index in [-0.39, 0.29) is 17.9 Å². The minimum Gasteiger partial charge on any atom is -0.326 e. The zero-order valence-electron chi connectivity index (χ0n) is 14.8. The van der Waals surface area contributed by atoms with Gasteiger partial charge in [0, 0.05) is 17.7 Å². The quantitative estimate of drug-likeness (QED) is 0.762. The third-order valence-corrected chi connectivity index (χ3v) is 4.28.